The normalized spacial score (nSPS) is 11.9. The van der Waals surface area contributed by atoms with Gasteiger partial charge in [0.15, 0.2) is 0 Å². The highest BCUT2D eigenvalue weighted by Crippen LogP contribution is 2.18. The van der Waals surface area contributed by atoms with E-state index in [1.807, 2.05) is 26.0 Å². The molecule has 80 valence electrons. The van der Waals surface area contributed by atoms with Crippen LogP contribution in [0.3, 0.4) is 0 Å². The SMILES string of the molecule is COc1ccc(CNC(C)C#N)cc1C. The van der Waals surface area contributed by atoms with Crippen molar-refractivity contribution in [1.82, 2.24) is 5.32 Å². The summed E-state index contributed by atoms with van der Waals surface area (Å²) >= 11 is 0. The highest BCUT2D eigenvalue weighted by atomic mass is 16.5. The molecule has 0 radical (unpaired) electrons. The number of benzene rings is 1. The lowest BCUT2D eigenvalue weighted by atomic mass is 10.1. The summed E-state index contributed by atoms with van der Waals surface area (Å²) in [5.74, 6) is 0.895. The second-order valence-corrected chi connectivity index (χ2v) is 3.54. The Balaban J connectivity index is 2.64. The molecule has 0 fully saturated rings. The lowest BCUT2D eigenvalue weighted by Gasteiger charge is -2.09. The molecule has 0 heterocycles. The fourth-order valence-electron chi connectivity index (χ4n) is 1.37. The van der Waals surface area contributed by atoms with E-state index in [4.69, 9.17) is 10.00 Å². The Bertz CT molecular complexity index is 368. The highest BCUT2D eigenvalue weighted by molar-refractivity contribution is 5.36. The standard InChI is InChI=1S/C12H16N2O/c1-9-6-11(4-5-12(9)15-3)8-14-10(2)7-13/h4-6,10,14H,8H2,1-3H3. The smallest absolute Gasteiger partial charge is 0.121 e. The molecule has 0 aliphatic heterocycles. The molecule has 1 aromatic carbocycles. The van der Waals surface area contributed by atoms with Gasteiger partial charge >= 0.3 is 0 Å². The Hall–Kier alpha value is -1.53. The highest BCUT2D eigenvalue weighted by Gasteiger charge is 2.01. The summed E-state index contributed by atoms with van der Waals surface area (Å²) in [5, 5.41) is 11.7. The fourth-order valence-corrected chi connectivity index (χ4v) is 1.37. The van der Waals surface area contributed by atoms with Crippen LogP contribution in [0.1, 0.15) is 18.1 Å². The van der Waals surface area contributed by atoms with Gasteiger partial charge in [-0.25, -0.2) is 0 Å². The number of nitrogens with one attached hydrogen (secondary N) is 1. The molecule has 0 aromatic heterocycles. The minimum absolute atomic E-state index is 0.118. The van der Waals surface area contributed by atoms with Crippen molar-refractivity contribution in [2.45, 2.75) is 26.4 Å². The number of hydrogen-bond acceptors (Lipinski definition) is 3. The Morgan fingerprint density at radius 2 is 2.27 bits per heavy atom. The third kappa shape index (κ3) is 3.26. The van der Waals surface area contributed by atoms with Crippen LogP contribution in [0, 0.1) is 18.3 Å². The molecule has 0 bridgehead atoms. The quantitative estimate of drug-likeness (QED) is 0.816. The first-order valence-electron chi connectivity index (χ1n) is 4.94. The molecule has 0 amide bonds. The maximum absolute atomic E-state index is 8.62. The molecule has 0 aliphatic rings. The molecule has 3 nitrogen and oxygen atoms in total. The zero-order chi connectivity index (χ0) is 11.3. The van der Waals surface area contributed by atoms with E-state index in [1.165, 1.54) is 0 Å². The molecule has 1 atom stereocenters. The lowest BCUT2D eigenvalue weighted by molar-refractivity contribution is 0.411. The number of nitrogens with zero attached hydrogens (tertiary/aromatic N) is 1. The first-order valence-corrected chi connectivity index (χ1v) is 4.94. The van der Waals surface area contributed by atoms with Gasteiger partial charge in [-0.3, -0.25) is 5.32 Å². The van der Waals surface area contributed by atoms with E-state index in [1.54, 1.807) is 7.11 Å². The summed E-state index contributed by atoms with van der Waals surface area (Å²) in [6, 6.07) is 8.03. The summed E-state index contributed by atoms with van der Waals surface area (Å²) in [5.41, 5.74) is 2.27. The molecule has 1 N–H and O–H groups in total. The number of hydrogen-bond donors (Lipinski definition) is 1. The van der Waals surface area contributed by atoms with Crippen LogP contribution in [0.15, 0.2) is 18.2 Å². The van der Waals surface area contributed by atoms with E-state index < -0.39 is 0 Å². The number of nitriles is 1. The van der Waals surface area contributed by atoms with Crippen LogP contribution in [0.25, 0.3) is 0 Å². The van der Waals surface area contributed by atoms with Gasteiger partial charge in [0.2, 0.25) is 0 Å². The van der Waals surface area contributed by atoms with Crippen LogP contribution in [0.4, 0.5) is 0 Å². The Morgan fingerprint density at radius 1 is 1.53 bits per heavy atom. The zero-order valence-corrected chi connectivity index (χ0v) is 9.37. The van der Waals surface area contributed by atoms with Gasteiger partial charge in [-0.15, -0.1) is 0 Å². The molecule has 0 aliphatic carbocycles. The average molecular weight is 204 g/mol. The first kappa shape index (κ1) is 11.5. The van der Waals surface area contributed by atoms with Crippen molar-refractivity contribution in [3.8, 4) is 11.8 Å². The van der Waals surface area contributed by atoms with Gasteiger partial charge < -0.3 is 4.74 Å². The monoisotopic (exact) mass is 204 g/mol. The van der Waals surface area contributed by atoms with Crippen LogP contribution in [-0.2, 0) is 6.54 Å². The summed E-state index contributed by atoms with van der Waals surface area (Å²) in [6.45, 7) is 4.56. The van der Waals surface area contributed by atoms with E-state index in [0.29, 0.717) is 6.54 Å². The van der Waals surface area contributed by atoms with Crippen molar-refractivity contribution in [2.75, 3.05) is 7.11 Å². The van der Waals surface area contributed by atoms with Gasteiger partial charge in [-0.05, 0) is 31.0 Å². The van der Waals surface area contributed by atoms with E-state index in [0.717, 1.165) is 16.9 Å². The molecular formula is C12H16N2O. The molecule has 1 aromatic rings. The van der Waals surface area contributed by atoms with E-state index >= 15 is 0 Å². The van der Waals surface area contributed by atoms with E-state index in [9.17, 15) is 0 Å². The van der Waals surface area contributed by atoms with Crippen molar-refractivity contribution >= 4 is 0 Å². The van der Waals surface area contributed by atoms with Crippen LogP contribution >= 0.6 is 0 Å². The van der Waals surface area contributed by atoms with E-state index in [-0.39, 0.29) is 6.04 Å². The first-order chi connectivity index (χ1) is 7.17. The van der Waals surface area contributed by atoms with Gasteiger partial charge in [-0.1, -0.05) is 12.1 Å². The minimum Gasteiger partial charge on any atom is -0.496 e. The van der Waals surface area contributed by atoms with Crippen LogP contribution in [0.5, 0.6) is 5.75 Å². The summed E-state index contributed by atoms with van der Waals surface area (Å²) in [4.78, 5) is 0. The van der Waals surface area contributed by atoms with Gasteiger partial charge in [-0.2, -0.15) is 5.26 Å². The van der Waals surface area contributed by atoms with Crippen molar-refractivity contribution < 1.29 is 4.74 Å². The predicted octanol–water partition coefficient (Wildman–Crippen LogP) is 2.01. The maximum Gasteiger partial charge on any atom is 0.121 e. The Morgan fingerprint density at radius 3 is 2.80 bits per heavy atom. The summed E-state index contributed by atoms with van der Waals surface area (Å²) in [6.07, 6.45) is 0. The number of rotatable bonds is 4. The zero-order valence-electron chi connectivity index (χ0n) is 9.37. The molecule has 0 spiro atoms. The lowest BCUT2D eigenvalue weighted by Crippen LogP contribution is -2.23. The average Bonchev–Trinajstić information content (AvgIpc) is 2.26. The second kappa shape index (κ2) is 5.38. The van der Waals surface area contributed by atoms with Gasteiger partial charge in [0, 0.05) is 6.54 Å². The molecule has 0 saturated heterocycles. The van der Waals surface area contributed by atoms with Gasteiger partial charge in [0.25, 0.3) is 0 Å². The van der Waals surface area contributed by atoms with Crippen LogP contribution < -0.4 is 10.1 Å². The van der Waals surface area contributed by atoms with Gasteiger partial charge in [0.05, 0.1) is 19.2 Å². The van der Waals surface area contributed by atoms with E-state index in [2.05, 4.69) is 17.5 Å². The van der Waals surface area contributed by atoms with Crippen molar-refractivity contribution in [1.29, 1.82) is 5.26 Å². The molecule has 1 unspecified atom stereocenters. The summed E-state index contributed by atoms with van der Waals surface area (Å²) in [7, 11) is 1.66. The third-order valence-electron chi connectivity index (χ3n) is 2.27. The molecular weight excluding hydrogens is 188 g/mol. The van der Waals surface area contributed by atoms with Crippen molar-refractivity contribution in [3.63, 3.8) is 0 Å². The largest absolute Gasteiger partial charge is 0.496 e. The number of aryl methyl sites for hydroxylation is 1. The maximum atomic E-state index is 8.62. The second-order valence-electron chi connectivity index (χ2n) is 3.54. The molecule has 3 heteroatoms. The number of methoxy groups -OCH3 is 1. The number of ether oxygens (including phenoxy) is 1. The van der Waals surface area contributed by atoms with Crippen molar-refractivity contribution in [3.05, 3.63) is 29.3 Å². The Kier molecular flexibility index (Phi) is 4.14. The van der Waals surface area contributed by atoms with Crippen LogP contribution in [0.2, 0.25) is 0 Å². The molecule has 1 rings (SSSR count). The molecule has 15 heavy (non-hydrogen) atoms. The third-order valence-corrected chi connectivity index (χ3v) is 2.27. The van der Waals surface area contributed by atoms with Crippen molar-refractivity contribution in [2.24, 2.45) is 0 Å². The minimum atomic E-state index is -0.118. The predicted molar refractivity (Wildman–Crippen MR) is 59.6 cm³/mol. The van der Waals surface area contributed by atoms with Gasteiger partial charge in [0.1, 0.15) is 5.75 Å². The Labute approximate surface area is 90.7 Å². The topological polar surface area (TPSA) is 45.0 Å². The molecule has 0 saturated carbocycles. The fraction of sp³-hybridized carbons (Fsp3) is 0.417. The van der Waals surface area contributed by atoms with Crippen LogP contribution in [-0.4, -0.2) is 13.2 Å². The summed E-state index contributed by atoms with van der Waals surface area (Å²) < 4.78 is 5.17.